The number of amides is 1. The number of rotatable bonds is 8. The van der Waals surface area contributed by atoms with Gasteiger partial charge in [-0.2, -0.15) is 4.39 Å². The van der Waals surface area contributed by atoms with E-state index in [9.17, 15) is 9.18 Å². The highest BCUT2D eigenvalue weighted by atomic mass is 19.2. The third kappa shape index (κ3) is 8.14. The Labute approximate surface area is 215 Å². The van der Waals surface area contributed by atoms with E-state index in [0.29, 0.717) is 37.6 Å². The third-order valence-electron chi connectivity index (χ3n) is 5.59. The van der Waals surface area contributed by atoms with Crippen LogP contribution in [0.5, 0.6) is 5.75 Å². The van der Waals surface area contributed by atoms with Crippen molar-refractivity contribution in [3.8, 4) is 5.75 Å². The number of hydrogen-bond acceptors (Lipinski definition) is 6. The molecule has 1 atom stereocenters. The maximum atomic E-state index is 15.0. The Morgan fingerprint density at radius 1 is 1.14 bits per heavy atom. The minimum absolute atomic E-state index is 0.123. The van der Waals surface area contributed by atoms with Gasteiger partial charge in [0.25, 0.3) is 5.85 Å². The molecule has 1 aromatic carbocycles. The third-order valence-corrected chi connectivity index (χ3v) is 5.59. The van der Waals surface area contributed by atoms with Crippen LogP contribution in [0, 0.1) is 5.92 Å². The second-order valence-electron chi connectivity index (χ2n) is 10.2. The zero-order valence-corrected chi connectivity index (χ0v) is 22.7. The van der Waals surface area contributed by atoms with Crippen LogP contribution in [0.25, 0.3) is 0 Å². The minimum atomic E-state index is -2.07. The van der Waals surface area contributed by atoms with E-state index in [1.807, 2.05) is 34.6 Å². The van der Waals surface area contributed by atoms with E-state index >= 15 is 0 Å². The van der Waals surface area contributed by atoms with Crippen LogP contribution in [0.4, 0.5) is 14.9 Å². The maximum absolute atomic E-state index is 15.0. The fourth-order valence-electron chi connectivity index (χ4n) is 3.48. The standard InChI is InChI=1S/C28H41FN4O3/c1-9-14-28(29,21(4)5)35-23-12-10-22(11-13-23)31-19-24(25(30)20(2)3)32-15-17-33(18-16-32)26(34)36-27(6,7)8/h9-14,19-20H,4,15-18,30H2,1-3,5-8H3/b14-9+,25-24+,31-19?. The zero-order valence-electron chi connectivity index (χ0n) is 22.7. The number of nitrogens with zero attached hydrogens (tertiary/aromatic N) is 3. The number of alkyl halides is 1. The van der Waals surface area contributed by atoms with Crippen molar-refractivity contribution in [3.05, 3.63) is 60.0 Å². The normalized spacial score (nSPS) is 17.4. The summed E-state index contributed by atoms with van der Waals surface area (Å²) < 4.78 is 26.0. The van der Waals surface area contributed by atoms with Crippen molar-refractivity contribution < 1.29 is 18.7 Å². The number of allylic oxidation sites excluding steroid dienone is 3. The molecule has 0 radical (unpaired) electrons. The van der Waals surface area contributed by atoms with E-state index in [0.717, 1.165) is 11.4 Å². The second kappa shape index (κ2) is 12.1. The van der Waals surface area contributed by atoms with Gasteiger partial charge in [0.1, 0.15) is 11.4 Å². The SMILES string of the molecule is C=C(C)C(F)(/C=C/C)Oc1ccc(N=C/C(=C(\N)C(C)C)N2CCN(C(=O)OC(C)(C)C)CC2)cc1. The first-order valence-corrected chi connectivity index (χ1v) is 12.3. The smallest absolute Gasteiger partial charge is 0.410 e. The molecule has 7 nitrogen and oxygen atoms in total. The zero-order chi connectivity index (χ0) is 27.1. The van der Waals surface area contributed by atoms with Crippen LogP contribution in [-0.4, -0.2) is 59.7 Å². The molecular weight excluding hydrogens is 459 g/mol. The summed E-state index contributed by atoms with van der Waals surface area (Å²) in [5.74, 6) is -1.58. The summed E-state index contributed by atoms with van der Waals surface area (Å²) in [4.78, 5) is 20.9. The summed E-state index contributed by atoms with van der Waals surface area (Å²) in [6.45, 7) is 18.9. The molecule has 1 saturated heterocycles. The monoisotopic (exact) mass is 500 g/mol. The number of aliphatic imine (C=N–C) groups is 1. The number of halogens is 1. The molecule has 1 heterocycles. The summed E-state index contributed by atoms with van der Waals surface area (Å²) in [6.07, 6.45) is 4.36. The molecule has 1 aliphatic heterocycles. The number of benzene rings is 1. The number of piperazine rings is 1. The molecule has 36 heavy (non-hydrogen) atoms. The number of hydrogen-bond donors (Lipinski definition) is 1. The topological polar surface area (TPSA) is 80.4 Å². The van der Waals surface area contributed by atoms with Crippen molar-refractivity contribution in [2.24, 2.45) is 16.6 Å². The molecule has 1 aliphatic rings. The molecule has 1 unspecified atom stereocenters. The van der Waals surface area contributed by atoms with Crippen molar-refractivity contribution in [1.29, 1.82) is 0 Å². The average Bonchev–Trinajstić information content (AvgIpc) is 2.79. The Bertz CT molecular complexity index is 1000. The highest BCUT2D eigenvalue weighted by Crippen LogP contribution is 2.29. The lowest BCUT2D eigenvalue weighted by Gasteiger charge is -2.37. The molecule has 198 valence electrons. The summed E-state index contributed by atoms with van der Waals surface area (Å²) in [5, 5.41) is 0. The molecule has 8 heteroatoms. The maximum Gasteiger partial charge on any atom is 0.410 e. The molecule has 1 amide bonds. The summed E-state index contributed by atoms with van der Waals surface area (Å²) in [7, 11) is 0. The van der Waals surface area contributed by atoms with Gasteiger partial charge in [-0.05, 0) is 76.5 Å². The van der Waals surface area contributed by atoms with E-state index in [4.69, 9.17) is 15.2 Å². The minimum Gasteiger partial charge on any atom is -0.451 e. The first-order valence-electron chi connectivity index (χ1n) is 12.3. The lowest BCUT2D eigenvalue weighted by molar-refractivity contribution is 0.0171. The van der Waals surface area contributed by atoms with Crippen molar-refractivity contribution in [2.75, 3.05) is 26.2 Å². The number of nitrogens with two attached hydrogens (primary N) is 1. The Balaban J connectivity index is 2.14. The molecule has 0 aliphatic carbocycles. The lowest BCUT2D eigenvalue weighted by Crippen LogP contribution is -2.50. The highest BCUT2D eigenvalue weighted by molar-refractivity contribution is 5.81. The Kier molecular flexibility index (Phi) is 9.73. The Morgan fingerprint density at radius 2 is 1.69 bits per heavy atom. The van der Waals surface area contributed by atoms with E-state index in [-0.39, 0.29) is 17.6 Å². The van der Waals surface area contributed by atoms with Crippen molar-refractivity contribution >= 4 is 18.0 Å². The van der Waals surface area contributed by atoms with Crippen molar-refractivity contribution in [3.63, 3.8) is 0 Å². The highest BCUT2D eigenvalue weighted by Gasteiger charge is 2.30. The molecule has 0 bridgehead atoms. The van der Waals surface area contributed by atoms with Gasteiger partial charge in [-0.15, -0.1) is 0 Å². The molecule has 1 fully saturated rings. The molecule has 0 spiro atoms. The quantitative estimate of drug-likeness (QED) is 0.352. The summed E-state index contributed by atoms with van der Waals surface area (Å²) in [6, 6.07) is 6.85. The molecule has 1 aromatic rings. The van der Waals surface area contributed by atoms with Gasteiger partial charge in [0.2, 0.25) is 0 Å². The molecular formula is C28H41FN4O3. The van der Waals surface area contributed by atoms with Crippen LogP contribution in [0.3, 0.4) is 0 Å². The van der Waals surface area contributed by atoms with Gasteiger partial charge in [-0.3, -0.25) is 4.99 Å². The first kappa shape index (κ1) is 28.9. The summed E-state index contributed by atoms with van der Waals surface area (Å²) in [5.41, 5.74) is 8.40. The lowest BCUT2D eigenvalue weighted by atomic mass is 10.1. The number of carbonyl (C=O) groups excluding carboxylic acids is 1. The summed E-state index contributed by atoms with van der Waals surface area (Å²) >= 11 is 0. The van der Waals surface area contributed by atoms with Gasteiger partial charge >= 0.3 is 6.09 Å². The van der Waals surface area contributed by atoms with Crippen molar-refractivity contribution in [1.82, 2.24) is 9.80 Å². The Hall–Kier alpha value is -3.29. The predicted octanol–water partition coefficient (Wildman–Crippen LogP) is 5.96. The van der Waals surface area contributed by atoms with Crippen LogP contribution in [-0.2, 0) is 4.74 Å². The van der Waals surface area contributed by atoms with E-state index in [1.165, 1.54) is 6.08 Å². The number of ether oxygens (including phenoxy) is 2. The van der Waals surface area contributed by atoms with Crippen LogP contribution >= 0.6 is 0 Å². The van der Waals surface area contributed by atoms with Gasteiger partial charge < -0.3 is 25.0 Å². The fourth-order valence-corrected chi connectivity index (χ4v) is 3.48. The van der Waals surface area contributed by atoms with Crippen LogP contribution < -0.4 is 10.5 Å². The van der Waals surface area contributed by atoms with Crippen LogP contribution in [0.15, 0.2) is 65.0 Å². The predicted molar refractivity (Wildman–Crippen MR) is 144 cm³/mol. The van der Waals surface area contributed by atoms with Gasteiger partial charge in [0.05, 0.1) is 17.6 Å². The largest absolute Gasteiger partial charge is 0.451 e. The fraction of sp³-hybridized carbons (Fsp3) is 0.500. The molecule has 0 saturated carbocycles. The van der Waals surface area contributed by atoms with Gasteiger partial charge in [-0.1, -0.05) is 26.5 Å². The van der Waals surface area contributed by atoms with E-state index < -0.39 is 11.5 Å². The van der Waals surface area contributed by atoms with Gasteiger partial charge in [0.15, 0.2) is 0 Å². The van der Waals surface area contributed by atoms with Crippen molar-refractivity contribution in [2.45, 2.75) is 59.9 Å². The Morgan fingerprint density at radius 3 is 2.17 bits per heavy atom. The van der Waals surface area contributed by atoms with Gasteiger partial charge in [-0.25, -0.2) is 4.79 Å². The molecule has 2 N–H and O–H groups in total. The van der Waals surface area contributed by atoms with E-state index in [1.54, 1.807) is 55.3 Å². The van der Waals surface area contributed by atoms with Crippen LogP contribution in [0.1, 0.15) is 48.5 Å². The van der Waals surface area contributed by atoms with Gasteiger partial charge in [0, 0.05) is 31.9 Å². The van der Waals surface area contributed by atoms with E-state index in [2.05, 4.69) is 16.5 Å². The average molecular weight is 501 g/mol. The number of carbonyl (C=O) groups is 1. The molecule has 0 aromatic heterocycles. The van der Waals surface area contributed by atoms with Crippen LogP contribution in [0.2, 0.25) is 0 Å². The second-order valence-corrected chi connectivity index (χ2v) is 10.2. The molecule has 2 rings (SSSR count). The first-order chi connectivity index (χ1) is 16.8.